The molecule has 7 nitrogen and oxygen atoms in total. The van der Waals surface area contributed by atoms with Crippen molar-refractivity contribution in [3.05, 3.63) is 5.82 Å². The van der Waals surface area contributed by atoms with Gasteiger partial charge in [-0.05, 0) is 47.5 Å². The standard InChI is InChI=1S/C18H32N6O/c1-13-19-15(21-16(20-13)24-7-9-25-10-8-24)23(6)14-11-17(2,3)22-18(4,5)12-14/h14,22H,7-12H2,1-6H3. The molecule has 2 aliphatic rings. The Bertz CT molecular complexity index is 596. The fourth-order valence-corrected chi connectivity index (χ4v) is 4.22. The number of anilines is 2. The summed E-state index contributed by atoms with van der Waals surface area (Å²) in [4.78, 5) is 18.4. The number of rotatable bonds is 3. The van der Waals surface area contributed by atoms with Gasteiger partial charge in [0.05, 0.1) is 13.2 Å². The molecule has 0 unspecified atom stereocenters. The molecule has 3 rings (SSSR count). The highest BCUT2D eigenvalue weighted by Gasteiger charge is 2.39. The zero-order chi connectivity index (χ0) is 18.2. The Kier molecular flexibility index (Phi) is 4.90. The molecular weight excluding hydrogens is 316 g/mol. The van der Waals surface area contributed by atoms with Crippen molar-refractivity contribution in [2.75, 3.05) is 43.2 Å². The SMILES string of the molecule is Cc1nc(N2CCOCC2)nc(N(C)C2CC(C)(C)NC(C)(C)C2)n1. The van der Waals surface area contributed by atoms with E-state index in [0.29, 0.717) is 6.04 Å². The highest BCUT2D eigenvalue weighted by atomic mass is 16.5. The van der Waals surface area contributed by atoms with Crippen LogP contribution < -0.4 is 15.1 Å². The van der Waals surface area contributed by atoms with Crippen LogP contribution in [0.3, 0.4) is 0 Å². The van der Waals surface area contributed by atoms with Crippen molar-refractivity contribution in [2.24, 2.45) is 0 Å². The van der Waals surface area contributed by atoms with E-state index in [1.165, 1.54) is 0 Å². The maximum absolute atomic E-state index is 5.44. The topological polar surface area (TPSA) is 66.4 Å². The van der Waals surface area contributed by atoms with Crippen LogP contribution in [0.1, 0.15) is 46.4 Å². The van der Waals surface area contributed by atoms with Gasteiger partial charge in [0.15, 0.2) is 0 Å². The molecule has 1 aromatic rings. The van der Waals surface area contributed by atoms with Gasteiger partial charge in [-0.2, -0.15) is 15.0 Å². The molecule has 1 N–H and O–H groups in total. The minimum atomic E-state index is 0.0930. The molecule has 0 amide bonds. The first-order chi connectivity index (χ1) is 11.7. The van der Waals surface area contributed by atoms with E-state index in [1.54, 1.807) is 0 Å². The van der Waals surface area contributed by atoms with Crippen LogP contribution >= 0.6 is 0 Å². The lowest BCUT2D eigenvalue weighted by molar-refractivity contribution is 0.122. The van der Waals surface area contributed by atoms with Gasteiger partial charge in [-0.1, -0.05) is 0 Å². The van der Waals surface area contributed by atoms with Crippen LogP contribution in [0, 0.1) is 6.92 Å². The Hall–Kier alpha value is -1.47. The van der Waals surface area contributed by atoms with Crippen LogP contribution in [0.4, 0.5) is 11.9 Å². The Balaban J connectivity index is 1.84. The number of hydrogen-bond acceptors (Lipinski definition) is 7. The molecule has 2 saturated heterocycles. The summed E-state index contributed by atoms with van der Waals surface area (Å²) in [7, 11) is 2.11. The van der Waals surface area contributed by atoms with Gasteiger partial charge in [0.1, 0.15) is 5.82 Å². The minimum absolute atomic E-state index is 0.0930. The maximum atomic E-state index is 5.44. The molecule has 0 aliphatic carbocycles. The Labute approximate surface area is 151 Å². The monoisotopic (exact) mass is 348 g/mol. The predicted molar refractivity (Wildman–Crippen MR) is 100 cm³/mol. The molecular formula is C18H32N6O. The van der Waals surface area contributed by atoms with Gasteiger partial charge in [-0.25, -0.2) is 0 Å². The van der Waals surface area contributed by atoms with E-state index in [9.17, 15) is 0 Å². The molecule has 0 spiro atoms. The molecule has 3 heterocycles. The van der Waals surface area contributed by atoms with Crippen molar-refractivity contribution in [1.82, 2.24) is 20.3 Å². The molecule has 0 saturated carbocycles. The fourth-order valence-electron chi connectivity index (χ4n) is 4.22. The third-order valence-electron chi connectivity index (χ3n) is 5.05. The second-order valence-electron chi connectivity index (χ2n) is 8.65. The summed E-state index contributed by atoms with van der Waals surface area (Å²) in [6.45, 7) is 14.1. The van der Waals surface area contributed by atoms with E-state index in [1.807, 2.05) is 6.92 Å². The number of ether oxygens (including phenoxy) is 1. The molecule has 25 heavy (non-hydrogen) atoms. The predicted octanol–water partition coefficient (Wildman–Crippen LogP) is 1.76. The fraction of sp³-hybridized carbons (Fsp3) is 0.833. The van der Waals surface area contributed by atoms with Gasteiger partial charge in [0, 0.05) is 37.3 Å². The maximum Gasteiger partial charge on any atom is 0.230 e. The average molecular weight is 348 g/mol. The summed E-state index contributed by atoms with van der Waals surface area (Å²) in [5.41, 5.74) is 0.186. The Morgan fingerprint density at radius 2 is 1.64 bits per heavy atom. The normalized spacial score (nSPS) is 23.5. The first kappa shape index (κ1) is 18.3. The van der Waals surface area contributed by atoms with Crippen molar-refractivity contribution in [3.63, 3.8) is 0 Å². The van der Waals surface area contributed by atoms with E-state index >= 15 is 0 Å². The first-order valence-electron chi connectivity index (χ1n) is 9.23. The van der Waals surface area contributed by atoms with Gasteiger partial charge < -0.3 is 19.9 Å². The quantitative estimate of drug-likeness (QED) is 0.893. The Morgan fingerprint density at radius 1 is 1.04 bits per heavy atom. The number of nitrogens with one attached hydrogen (secondary N) is 1. The van der Waals surface area contributed by atoms with Crippen LogP contribution in [0.25, 0.3) is 0 Å². The lowest BCUT2D eigenvalue weighted by Crippen LogP contribution is -2.62. The van der Waals surface area contributed by atoms with Crippen LogP contribution in [0.5, 0.6) is 0 Å². The van der Waals surface area contributed by atoms with Crippen molar-refractivity contribution < 1.29 is 4.74 Å². The number of aryl methyl sites for hydroxylation is 1. The molecule has 0 radical (unpaired) electrons. The largest absolute Gasteiger partial charge is 0.378 e. The lowest BCUT2D eigenvalue weighted by atomic mass is 9.79. The molecule has 0 bridgehead atoms. The minimum Gasteiger partial charge on any atom is -0.378 e. The van der Waals surface area contributed by atoms with Crippen molar-refractivity contribution in [3.8, 4) is 0 Å². The van der Waals surface area contributed by atoms with Crippen molar-refractivity contribution in [1.29, 1.82) is 0 Å². The van der Waals surface area contributed by atoms with E-state index in [4.69, 9.17) is 9.72 Å². The highest BCUT2D eigenvalue weighted by molar-refractivity contribution is 5.40. The van der Waals surface area contributed by atoms with E-state index < -0.39 is 0 Å². The van der Waals surface area contributed by atoms with Gasteiger partial charge in [0.25, 0.3) is 0 Å². The van der Waals surface area contributed by atoms with Gasteiger partial charge in [0.2, 0.25) is 11.9 Å². The summed E-state index contributed by atoms with van der Waals surface area (Å²) in [6.07, 6.45) is 2.12. The Morgan fingerprint density at radius 3 is 2.24 bits per heavy atom. The number of piperidine rings is 1. The van der Waals surface area contributed by atoms with Crippen LogP contribution in [0.2, 0.25) is 0 Å². The number of aromatic nitrogens is 3. The molecule has 2 aliphatic heterocycles. The summed E-state index contributed by atoms with van der Waals surface area (Å²) >= 11 is 0. The van der Waals surface area contributed by atoms with Gasteiger partial charge in [-0.15, -0.1) is 0 Å². The second-order valence-corrected chi connectivity index (χ2v) is 8.65. The zero-order valence-electron chi connectivity index (χ0n) is 16.5. The summed E-state index contributed by atoms with van der Waals surface area (Å²) in [5.74, 6) is 2.31. The van der Waals surface area contributed by atoms with E-state index in [-0.39, 0.29) is 11.1 Å². The number of morpholine rings is 1. The zero-order valence-corrected chi connectivity index (χ0v) is 16.5. The van der Waals surface area contributed by atoms with Gasteiger partial charge in [-0.3, -0.25) is 0 Å². The molecule has 2 fully saturated rings. The number of hydrogen-bond donors (Lipinski definition) is 1. The summed E-state index contributed by atoms with van der Waals surface area (Å²) in [6, 6.07) is 0.394. The summed E-state index contributed by atoms with van der Waals surface area (Å²) < 4.78 is 5.44. The molecule has 0 aromatic carbocycles. The van der Waals surface area contributed by atoms with E-state index in [2.05, 4.69) is 59.8 Å². The molecule has 7 heteroatoms. The van der Waals surface area contributed by atoms with Crippen LogP contribution in [-0.4, -0.2) is 65.4 Å². The van der Waals surface area contributed by atoms with Crippen LogP contribution in [0.15, 0.2) is 0 Å². The van der Waals surface area contributed by atoms with Crippen molar-refractivity contribution in [2.45, 2.75) is 64.6 Å². The first-order valence-corrected chi connectivity index (χ1v) is 9.23. The van der Waals surface area contributed by atoms with Crippen LogP contribution in [-0.2, 0) is 4.74 Å². The molecule has 140 valence electrons. The molecule has 0 atom stereocenters. The molecule has 1 aromatic heterocycles. The third kappa shape index (κ3) is 4.39. The smallest absolute Gasteiger partial charge is 0.230 e. The second kappa shape index (κ2) is 6.68. The van der Waals surface area contributed by atoms with E-state index in [0.717, 1.165) is 56.9 Å². The number of nitrogens with zero attached hydrogens (tertiary/aromatic N) is 5. The summed E-state index contributed by atoms with van der Waals surface area (Å²) in [5, 5.41) is 3.74. The lowest BCUT2D eigenvalue weighted by Gasteiger charge is -2.49. The highest BCUT2D eigenvalue weighted by Crippen LogP contribution is 2.32. The van der Waals surface area contributed by atoms with Crippen molar-refractivity contribution >= 4 is 11.9 Å². The third-order valence-corrected chi connectivity index (χ3v) is 5.05. The van der Waals surface area contributed by atoms with Gasteiger partial charge >= 0.3 is 0 Å². The average Bonchev–Trinajstić information content (AvgIpc) is 2.51.